The van der Waals surface area contributed by atoms with Gasteiger partial charge in [0.05, 0.1) is 12.3 Å². The van der Waals surface area contributed by atoms with Gasteiger partial charge in [-0.15, -0.1) is 0 Å². The second kappa shape index (κ2) is 6.86. The lowest BCUT2D eigenvalue weighted by molar-refractivity contribution is 0.308. The standard InChI is InChI=1S/C18H26N2O3S/c1-13(2)18(17-11-14-7-4-5-9-16(14)23-17)19-12-15-8-6-10-20(15)24(3,21)22/h4-5,7,9,11,13,15,18-19H,6,8,10,12H2,1-3H3/t15-,18+/m1/s1. The van der Waals surface area contributed by atoms with Crippen LogP contribution in [0.5, 0.6) is 0 Å². The number of hydrogen-bond donors (Lipinski definition) is 1. The molecular weight excluding hydrogens is 324 g/mol. The van der Waals surface area contributed by atoms with Crippen LogP contribution in [-0.4, -0.2) is 38.1 Å². The number of sulfonamides is 1. The highest BCUT2D eigenvalue weighted by atomic mass is 32.2. The number of furan rings is 1. The van der Waals surface area contributed by atoms with Gasteiger partial charge in [-0.3, -0.25) is 0 Å². The number of fused-ring (bicyclic) bond motifs is 1. The molecule has 0 aliphatic carbocycles. The van der Waals surface area contributed by atoms with Crippen molar-refractivity contribution in [3.8, 4) is 0 Å². The number of nitrogens with one attached hydrogen (secondary N) is 1. The molecule has 2 atom stereocenters. The third-order valence-electron chi connectivity index (χ3n) is 4.74. The molecule has 1 aliphatic heterocycles. The minimum atomic E-state index is -3.14. The van der Waals surface area contributed by atoms with Crippen LogP contribution in [0, 0.1) is 5.92 Å². The molecule has 1 fully saturated rings. The zero-order valence-electron chi connectivity index (χ0n) is 14.5. The van der Waals surface area contributed by atoms with Crippen molar-refractivity contribution in [1.82, 2.24) is 9.62 Å². The van der Waals surface area contributed by atoms with E-state index in [9.17, 15) is 8.42 Å². The zero-order valence-corrected chi connectivity index (χ0v) is 15.3. The number of rotatable bonds is 6. The van der Waals surface area contributed by atoms with Gasteiger partial charge in [-0.05, 0) is 30.9 Å². The van der Waals surface area contributed by atoms with E-state index in [1.54, 1.807) is 4.31 Å². The molecule has 0 unspecified atom stereocenters. The summed E-state index contributed by atoms with van der Waals surface area (Å²) in [6.45, 7) is 5.57. The van der Waals surface area contributed by atoms with E-state index in [-0.39, 0.29) is 12.1 Å². The summed E-state index contributed by atoms with van der Waals surface area (Å²) in [6, 6.07) is 10.2. The molecule has 0 saturated carbocycles. The summed E-state index contributed by atoms with van der Waals surface area (Å²) in [5, 5.41) is 4.64. The number of nitrogens with zero attached hydrogens (tertiary/aromatic N) is 1. The summed E-state index contributed by atoms with van der Waals surface area (Å²) < 4.78 is 31.4. The Bertz CT molecular complexity index is 764. The average molecular weight is 350 g/mol. The quantitative estimate of drug-likeness (QED) is 0.869. The van der Waals surface area contributed by atoms with Gasteiger partial charge in [-0.2, -0.15) is 4.31 Å². The lowest BCUT2D eigenvalue weighted by atomic mass is 10.0. The fourth-order valence-corrected chi connectivity index (χ4v) is 4.72. The molecule has 24 heavy (non-hydrogen) atoms. The maximum atomic E-state index is 11.9. The van der Waals surface area contributed by atoms with Crippen molar-refractivity contribution in [1.29, 1.82) is 0 Å². The van der Waals surface area contributed by atoms with Crippen LogP contribution in [0.1, 0.15) is 38.5 Å². The first kappa shape index (κ1) is 17.5. The van der Waals surface area contributed by atoms with E-state index in [4.69, 9.17) is 4.42 Å². The molecule has 1 saturated heterocycles. The summed E-state index contributed by atoms with van der Waals surface area (Å²) in [7, 11) is -3.14. The van der Waals surface area contributed by atoms with Crippen LogP contribution >= 0.6 is 0 Å². The Morgan fingerprint density at radius 2 is 2.08 bits per heavy atom. The first-order valence-corrected chi connectivity index (χ1v) is 10.4. The summed E-state index contributed by atoms with van der Waals surface area (Å²) in [5.74, 6) is 1.26. The maximum absolute atomic E-state index is 11.9. The predicted octanol–water partition coefficient (Wildman–Crippen LogP) is 3.14. The molecule has 132 valence electrons. The van der Waals surface area contributed by atoms with Crippen LogP contribution in [-0.2, 0) is 10.0 Å². The molecule has 0 bridgehead atoms. The van der Waals surface area contributed by atoms with Gasteiger partial charge in [0, 0.05) is 24.5 Å². The molecule has 0 amide bonds. The summed E-state index contributed by atoms with van der Waals surface area (Å²) in [6.07, 6.45) is 3.13. The lowest BCUT2D eigenvalue weighted by Crippen LogP contribution is -2.42. The zero-order chi connectivity index (χ0) is 17.3. The Labute approximate surface area is 144 Å². The third-order valence-corrected chi connectivity index (χ3v) is 6.07. The molecule has 0 radical (unpaired) electrons. The Hall–Kier alpha value is -1.37. The topological polar surface area (TPSA) is 62.6 Å². The highest BCUT2D eigenvalue weighted by molar-refractivity contribution is 7.88. The molecule has 1 aliphatic rings. The van der Waals surface area contributed by atoms with Gasteiger partial charge in [-0.1, -0.05) is 32.0 Å². The fraction of sp³-hybridized carbons (Fsp3) is 0.556. The Balaban J connectivity index is 1.75. The van der Waals surface area contributed by atoms with Gasteiger partial charge < -0.3 is 9.73 Å². The van der Waals surface area contributed by atoms with E-state index in [1.807, 2.05) is 24.3 Å². The van der Waals surface area contributed by atoms with Crippen molar-refractivity contribution in [2.24, 2.45) is 5.92 Å². The third kappa shape index (κ3) is 3.66. The molecule has 1 N–H and O–H groups in total. The second-order valence-electron chi connectivity index (χ2n) is 6.99. The summed E-state index contributed by atoms with van der Waals surface area (Å²) in [5.41, 5.74) is 0.888. The smallest absolute Gasteiger partial charge is 0.211 e. The van der Waals surface area contributed by atoms with Gasteiger partial charge in [0.15, 0.2) is 0 Å². The van der Waals surface area contributed by atoms with E-state index < -0.39 is 10.0 Å². The number of para-hydroxylation sites is 1. The van der Waals surface area contributed by atoms with Crippen LogP contribution in [0.15, 0.2) is 34.7 Å². The summed E-state index contributed by atoms with van der Waals surface area (Å²) >= 11 is 0. The molecule has 0 spiro atoms. The number of hydrogen-bond acceptors (Lipinski definition) is 4. The summed E-state index contributed by atoms with van der Waals surface area (Å²) in [4.78, 5) is 0. The van der Waals surface area contributed by atoms with Gasteiger partial charge in [0.25, 0.3) is 0 Å². The van der Waals surface area contributed by atoms with Gasteiger partial charge in [-0.25, -0.2) is 8.42 Å². The van der Waals surface area contributed by atoms with Crippen LogP contribution in [0.25, 0.3) is 11.0 Å². The van der Waals surface area contributed by atoms with E-state index in [2.05, 4.69) is 25.2 Å². The average Bonchev–Trinajstić information content (AvgIpc) is 3.12. The van der Waals surface area contributed by atoms with E-state index in [0.29, 0.717) is 19.0 Å². The largest absolute Gasteiger partial charge is 0.459 e. The highest BCUT2D eigenvalue weighted by Gasteiger charge is 2.32. The molecule has 2 heterocycles. The molecular formula is C18H26N2O3S. The Kier molecular flexibility index (Phi) is 4.99. The van der Waals surface area contributed by atoms with Gasteiger partial charge in [0.2, 0.25) is 10.0 Å². The lowest BCUT2D eigenvalue weighted by Gasteiger charge is -2.26. The molecule has 2 aromatic rings. The van der Waals surface area contributed by atoms with Crippen LogP contribution in [0.3, 0.4) is 0 Å². The number of benzene rings is 1. The van der Waals surface area contributed by atoms with Crippen LogP contribution in [0.4, 0.5) is 0 Å². The Morgan fingerprint density at radius 3 is 2.75 bits per heavy atom. The van der Waals surface area contributed by atoms with Gasteiger partial charge in [0.1, 0.15) is 11.3 Å². The minimum Gasteiger partial charge on any atom is -0.459 e. The van der Waals surface area contributed by atoms with Crippen molar-refractivity contribution in [3.63, 3.8) is 0 Å². The van der Waals surface area contributed by atoms with Crippen molar-refractivity contribution in [3.05, 3.63) is 36.1 Å². The predicted molar refractivity (Wildman–Crippen MR) is 96.4 cm³/mol. The van der Waals surface area contributed by atoms with Crippen molar-refractivity contribution in [2.75, 3.05) is 19.3 Å². The second-order valence-corrected chi connectivity index (χ2v) is 8.92. The first-order chi connectivity index (χ1) is 11.4. The molecule has 1 aromatic carbocycles. The van der Waals surface area contributed by atoms with Crippen molar-refractivity contribution < 1.29 is 12.8 Å². The maximum Gasteiger partial charge on any atom is 0.211 e. The molecule has 6 heteroatoms. The minimum absolute atomic E-state index is 0.0330. The molecule has 3 rings (SSSR count). The van der Waals surface area contributed by atoms with E-state index in [1.165, 1.54) is 6.26 Å². The van der Waals surface area contributed by atoms with Crippen LogP contribution in [0.2, 0.25) is 0 Å². The fourth-order valence-electron chi connectivity index (χ4n) is 3.53. The van der Waals surface area contributed by atoms with E-state index in [0.717, 1.165) is 29.6 Å². The molecule has 5 nitrogen and oxygen atoms in total. The van der Waals surface area contributed by atoms with Crippen molar-refractivity contribution in [2.45, 2.75) is 38.8 Å². The van der Waals surface area contributed by atoms with Crippen LogP contribution < -0.4 is 5.32 Å². The normalized spacial score (nSPS) is 20.9. The monoisotopic (exact) mass is 350 g/mol. The van der Waals surface area contributed by atoms with E-state index >= 15 is 0 Å². The first-order valence-electron chi connectivity index (χ1n) is 8.55. The van der Waals surface area contributed by atoms with Gasteiger partial charge >= 0.3 is 0 Å². The Morgan fingerprint density at radius 1 is 1.33 bits per heavy atom. The molecule has 1 aromatic heterocycles. The SMILES string of the molecule is CC(C)[C@H](NC[C@H]1CCCN1S(C)(=O)=O)c1cc2ccccc2o1. The van der Waals surface area contributed by atoms with Crippen molar-refractivity contribution >= 4 is 21.0 Å². The highest BCUT2D eigenvalue weighted by Crippen LogP contribution is 2.29.